The summed E-state index contributed by atoms with van der Waals surface area (Å²) in [5.74, 6) is -2.08. The zero-order valence-electron chi connectivity index (χ0n) is 23.6. The first-order valence-corrected chi connectivity index (χ1v) is 14.1. The molecular formula is C31H30ClN5O6. The summed E-state index contributed by atoms with van der Waals surface area (Å²) < 4.78 is 5.32. The van der Waals surface area contributed by atoms with Crippen LogP contribution in [0.5, 0.6) is 0 Å². The molecule has 0 radical (unpaired) electrons. The predicted molar refractivity (Wildman–Crippen MR) is 160 cm³/mol. The van der Waals surface area contributed by atoms with Crippen LogP contribution in [0.25, 0.3) is 0 Å². The van der Waals surface area contributed by atoms with Crippen LogP contribution in [-0.4, -0.2) is 59.3 Å². The highest BCUT2D eigenvalue weighted by atomic mass is 35.5. The van der Waals surface area contributed by atoms with Crippen molar-refractivity contribution in [3.8, 4) is 0 Å². The summed E-state index contributed by atoms with van der Waals surface area (Å²) in [7, 11) is 1.67. The summed E-state index contributed by atoms with van der Waals surface area (Å²) in [4.78, 5) is 66.6. The Kier molecular flexibility index (Phi) is 8.63. The van der Waals surface area contributed by atoms with Gasteiger partial charge in [-0.15, -0.1) is 0 Å². The number of urea groups is 1. The van der Waals surface area contributed by atoms with Crippen LogP contribution in [0.3, 0.4) is 0 Å². The minimum absolute atomic E-state index is 0.0255. The number of nitrogens with one attached hydrogen (secondary N) is 3. The number of hydrogen-bond donors (Lipinski definition) is 3. The molecule has 3 N–H and O–H groups in total. The van der Waals surface area contributed by atoms with Crippen molar-refractivity contribution in [3.63, 3.8) is 0 Å². The predicted octanol–water partition coefficient (Wildman–Crippen LogP) is 4.30. The van der Waals surface area contributed by atoms with E-state index in [2.05, 4.69) is 16.0 Å². The van der Waals surface area contributed by atoms with Crippen molar-refractivity contribution in [1.29, 1.82) is 0 Å². The second-order valence-corrected chi connectivity index (χ2v) is 10.7. The van der Waals surface area contributed by atoms with Crippen molar-refractivity contribution in [3.05, 3.63) is 93.5 Å². The van der Waals surface area contributed by atoms with Crippen LogP contribution >= 0.6 is 11.6 Å². The number of para-hydroxylation sites is 1. The Morgan fingerprint density at radius 2 is 1.84 bits per heavy atom. The number of halogens is 1. The Bertz CT molecular complexity index is 1630. The number of hydrogen-bond acceptors (Lipinski definition) is 7. The van der Waals surface area contributed by atoms with E-state index < -0.39 is 36.6 Å². The Morgan fingerprint density at radius 1 is 1.05 bits per heavy atom. The maximum absolute atomic E-state index is 13.4. The van der Waals surface area contributed by atoms with Crippen molar-refractivity contribution >= 4 is 52.7 Å². The van der Waals surface area contributed by atoms with Crippen molar-refractivity contribution in [2.24, 2.45) is 0 Å². The molecule has 2 heterocycles. The number of aryl methyl sites for hydroxylation is 1. The van der Waals surface area contributed by atoms with Gasteiger partial charge in [-0.3, -0.25) is 14.4 Å². The number of carbonyl (C=O) groups excluding carboxylic acids is 5. The Labute approximate surface area is 253 Å². The highest BCUT2D eigenvalue weighted by Gasteiger charge is 2.43. The number of ether oxygens (including phenoxy) is 1. The lowest BCUT2D eigenvalue weighted by molar-refractivity contribution is -0.156. The van der Waals surface area contributed by atoms with Gasteiger partial charge in [-0.1, -0.05) is 41.9 Å². The van der Waals surface area contributed by atoms with E-state index in [0.717, 1.165) is 16.0 Å². The number of rotatable bonds is 8. The lowest BCUT2D eigenvalue weighted by Crippen LogP contribution is -2.55. The van der Waals surface area contributed by atoms with Gasteiger partial charge in [0.25, 0.3) is 11.8 Å². The minimum atomic E-state index is -0.880. The molecule has 12 heteroatoms. The maximum atomic E-state index is 13.4. The largest absolute Gasteiger partial charge is 0.440 e. The quantitative estimate of drug-likeness (QED) is 0.258. The highest BCUT2D eigenvalue weighted by molar-refractivity contribution is 6.31. The third kappa shape index (κ3) is 6.31. The summed E-state index contributed by atoms with van der Waals surface area (Å²) in [5.41, 5.74) is 4.21. The van der Waals surface area contributed by atoms with Gasteiger partial charge in [0, 0.05) is 48.5 Å². The number of benzene rings is 3. The van der Waals surface area contributed by atoms with Gasteiger partial charge in [-0.25, -0.2) is 14.5 Å². The van der Waals surface area contributed by atoms with E-state index in [0.29, 0.717) is 27.5 Å². The normalized spacial score (nSPS) is 16.2. The molecule has 0 saturated carbocycles. The second-order valence-electron chi connectivity index (χ2n) is 10.3. The number of imide groups is 1. The van der Waals surface area contributed by atoms with E-state index >= 15 is 0 Å². The molecule has 0 aliphatic carbocycles. The number of likely N-dealkylation sites (tertiary alicyclic amines) is 1. The Balaban J connectivity index is 1.20. The number of anilines is 2. The van der Waals surface area contributed by atoms with E-state index in [1.54, 1.807) is 55.6 Å². The number of piperidine rings is 1. The van der Waals surface area contributed by atoms with E-state index in [4.69, 9.17) is 16.3 Å². The van der Waals surface area contributed by atoms with E-state index in [9.17, 15) is 24.0 Å². The van der Waals surface area contributed by atoms with E-state index in [1.165, 1.54) is 4.90 Å². The summed E-state index contributed by atoms with van der Waals surface area (Å²) >= 11 is 6.12. The van der Waals surface area contributed by atoms with Gasteiger partial charge in [0.2, 0.25) is 5.91 Å². The molecule has 0 bridgehead atoms. The van der Waals surface area contributed by atoms with Gasteiger partial charge >= 0.3 is 12.0 Å². The van der Waals surface area contributed by atoms with Crippen LogP contribution in [0.1, 0.15) is 50.2 Å². The van der Waals surface area contributed by atoms with Crippen LogP contribution in [0.2, 0.25) is 5.02 Å². The molecule has 5 rings (SSSR count). The zero-order chi connectivity index (χ0) is 30.7. The molecule has 3 aromatic rings. The molecule has 2 aliphatic heterocycles. The zero-order valence-corrected chi connectivity index (χ0v) is 24.4. The molecule has 0 aromatic heterocycles. The highest BCUT2D eigenvalue weighted by Crippen LogP contribution is 2.30. The Morgan fingerprint density at radius 3 is 2.60 bits per heavy atom. The van der Waals surface area contributed by atoms with Gasteiger partial charge in [-0.2, -0.15) is 0 Å². The van der Waals surface area contributed by atoms with Crippen LogP contribution in [0.4, 0.5) is 16.2 Å². The monoisotopic (exact) mass is 603 g/mol. The van der Waals surface area contributed by atoms with Gasteiger partial charge in [0.15, 0.2) is 6.73 Å². The lowest BCUT2D eigenvalue weighted by atomic mass is 10.0. The molecule has 1 unspecified atom stereocenters. The summed E-state index contributed by atoms with van der Waals surface area (Å²) in [6.07, 6.45) is 0.194. The second kappa shape index (κ2) is 12.5. The van der Waals surface area contributed by atoms with Crippen LogP contribution in [0.15, 0.2) is 60.7 Å². The van der Waals surface area contributed by atoms with Crippen LogP contribution < -0.4 is 16.0 Å². The fourth-order valence-corrected chi connectivity index (χ4v) is 5.29. The SMILES string of the molecule is CNc1ccccc1C(=O)OCN1C(=O)CCC(N2Cc3cc(CNC(=O)Nc4ccc(C)c(Cl)c4)ccc3C2=O)C1=O. The van der Waals surface area contributed by atoms with E-state index in [-0.39, 0.29) is 37.4 Å². The number of fused-ring (bicyclic) bond motifs is 1. The molecule has 1 fully saturated rings. The van der Waals surface area contributed by atoms with Crippen molar-refractivity contribution < 1.29 is 28.7 Å². The first kappa shape index (κ1) is 29.6. The molecule has 5 amide bonds. The molecule has 43 heavy (non-hydrogen) atoms. The van der Waals surface area contributed by atoms with Gasteiger partial charge in [0.1, 0.15) is 6.04 Å². The first-order chi connectivity index (χ1) is 20.7. The lowest BCUT2D eigenvalue weighted by Gasteiger charge is -2.35. The van der Waals surface area contributed by atoms with Gasteiger partial charge in [-0.05, 0) is 60.4 Å². The number of nitrogens with zero attached hydrogens (tertiary/aromatic N) is 2. The molecule has 2 aliphatic rings. The van der Waals surface area contributed by atoms with Crippen LogP contribution in [-0.2, 0) is 27.4 Å². The number of esters is 1. The van der Waals surface area contributed by atoms with Gasteiger partial charge < -0.3 is 25.6 Å². The average molecular weight is 604 g/mol. The molecular weight excluding hydrogens is 574 g/mol. The molecule has 1 atom stereocenters. The maximum Gasteiger partial charge on any atom is 0.341 e. The molecule has 0 spiro atoms. The number of amides is 5. The van der Waals surface area contributed by atoms with Crippen molar-refractivity contribution in [2.75, 3.05) is 24.4 Å². The fraction of sp³-hybridized carbons (Fsp3) is 0.258. The molecule has 11 nitrogen and oxygen atoms in total. The van der Waals surface area contributed by atoms with Crippen molar-refractivity contribution in [1.82, 2.24) is 15.1 Å². The summed E-state index contributed by atoms with van der Waals surface area (Å²) in [5, 5.41) is 8.96. The summed E-state index contributed by atoms with van der Waals surface area (Å²) in [6.45, 7) is 1.70. The van der Waals surface area contributed by atoms with Crippen molar-refractivity contribution in [2.45, 2.75) is 38.9 Å². The van der Waals surface area contributed by atoms with Crippen LogP contribution in [0, 0.1) is 6.92 Å². The fourth-order valence-electron chi connectivity index (χ4n) is 5.11. The minimum Gasteiger partial charge on any atom is -0.440 e. The van der Waals surface area contributed by atoms with E-state index in [1.807, 2.05) is 19.1 Å². The molecule has 222 valence electrons. The Hall–Kier alpha value is -4.90. The third-order valence-electron chi connectivity index (χ3n) is 7.49. The third-order valence-corrected chi connectivity index (χ3v) is 7.89. The first-order valence-electron chi connectivity index (χ1n) is 13.7. The average Bonchev–Trinajstić information content (AvgIpc) is 3.32. The molecule has 1 saturated heterocycles. The summed E-state index contributed by atoms with van der Waals surface area (Å²) in [6, 6.07) is 15.9. The molecule has 3 aromatic carbocycles. The van der Waals surface area contributed by atoms with Gasteiger partial charge in [0.05, 0.1) is 5.56 Å². The smallest absolute Gasteiger partial charge is 0.341 e. The number of carbonyl (C=O) groups is 5. The standard InChI is InChI=1S/C31H30ClN5O6/c1-18-7-9-21(14-24(18)32)35-31(42)34-15-19-8-10-22-20(13-19)16-36(28(22)39)26-11-12-27(38)37(29(26)40)17-43-30(41)23-5-3-4-6-25(23)33-2/h3-10,13-14,26,33H,11-12,15-17H2,1-2H3,(H2,34,35,42). The topological polar surface area (TPSA) is 137 Å².